The van der Waals surface area contributed by atoms with Crippen LogP contribution in [0.2, 0.25) is 5.02 Å². The number of alkyl carbamates (subject to hydrolysis) is 1. The molecule has 0 aliphatic heterocycles. The number of carbonyl (C=O) groups excluding carboxylic acids is 1. The van der Waals surface area contributed by atoms with Crippen LogP contribution in [0.4, 0.5) is 4.79 Å². The van der Waals surface area contributed by atoms with Crippen LogP contribution in [0.1, 0.15) is 25.6 Å². The van der Waals surface area contributed by atoms with E-state index in [0.29, 0.717) is 5.02 Å². The number of carbonyl (C=O) groups is 2. The Balaban J connectivity index is 2.09. The van der Waals surface area contributed by atoms with E-state index in [-0.39, 0.29) is 6.42 Å². The molecule has 0 fully saturated rings. The Kier molecular flexibility index (Phi) is 6.08. The Hall–Kier alpha value is -2.05. The molecule has 1 heterocycles. The van der Waals surface area contributed by atoms with Gasteiger partial charge in [-0.2, -0.15) is 0 Å². The standard InChI is InChI=1S/C18H20ClNO4S/c1-18(2,3)24-17(23)20-14(16(21)22)10-11-8-9-15(25-11)12-6-4-5-7-13(12)19/h4-9,14H,10H2,1-3H3,(H,20,23)(H,21,22). The molecule has 1 aromatic heterocycles. The Labute approximate surface area is 155 Å². The quantitative estimate of drug-likeness (QED) is 0.794. The summed E-state index contributed by atoms with van der Waals surface area (Å²) in [4.78, 5) is 25.1. The zero-order valence-corrected chi connectivity index (χ0v) is 15.8. The third kappa shape index (κ3) is 5.76. The molecule has 2 N–H and O–H groups in total. The highest BCUT2D eigenvalue weighted by molar-refractivity contribution is 7.15. The van der Waals surface area contributed by atoms with Crippen LogP contribution in [0.3, 0.4) is 0 Å². The van der Waals surface area contributed by atoms with Crippen molar-refractivity contribution >= 4 is 35.0 Å². The molecule has 1 aromatic carbocycles. The van der Waals surface area contributed by atoms with Crippen molar-refractivity contribution in [2.45, 2.75) is 38.8 Å². The second-order valence-electron chi connectivity index (χ2n) is 6.49. The number of hydrogen-bond donors (Lipinski definition) is 2. The van der Waals surface area contributed by atoms with Crippen LogP contribution in [-0.2, 0) is 16.0 Å². The van der Waals surface area contributed by atoms with Crippen LogP contribution in [0, 0.1) is 0 Å². The summed E-state index contributed by atoms with van der Waals surface area (Å²) >= 11 is 7.64. The van der Waals surface area contributed by atoms with Gasteiger partial charge in [0.15, 0.2) is 0 Å². The summed E-state index contributed by atoms with van der Waals surface area (Å²) in [5.41, 5.74) is 0.209. The molecule has 1 atom stereocenters. The molecular formula is C18H20ClNO4S. The van der Waals surface area contributed by atoms with E-state index in [4.69, 9.17) is 16.3 Å². The maximum Gasteiger partial charge on any atom is 0.408 e. The van der Waals surface area contributed by atoms with Gasteiger partial charge in [0.1, 0.15) is 11.6 Å². The van der Waals surface area contributed by atoms with Gasteiger partial charge in [0.2, 0.25) is 0 Å². The normalized spacial score (nSPS) is 12.5. The van der Waals surface area contributed by atoms with Crippen LogP contribution in [0.25, 0.3) is 10.4 Å². The molecule has 1 unspecified atom stereocenters. The topological polar surface area (TPSA) is 75.6 Å². The fourth-order valence-electron chi connectivity index (χ4n) is 2.14. The summed E-state index contributed by atoms with van der Waals surface area (Å²) in [6.45, 7) is 5.16. The van der Waals surface area contributed by atoms with Crippen molar-refractivity contribution in [1.82, 2.24) is 5.32 Å². The average molecular weight is 382 g/mol. The summed E-state index contributed by atoms with van der Waals surface area (Å²) in [6.07, 6.45) is -0.577. The Bertz CT molecular complexity index is 766. The third-order valence-corrected chi connectivity index (χ3v) is 4.67. The van der Waals surface area contributed by atoms with Crippen LogP contribution in [0.15, 0.2) is 36.4 Å². The maximum atomic E-state index is 11.8. The van der Waals surface area contributed by atoms with Gasteiger partial charge in [-0.25, -0.2) is 9.59 Å². The number of nitrogens with one attached hydrogen (secondary N) is 1. The minimum absolute atomic E-state index is 0.170. The Morgan fingerprint density at radius 1 is 1.24 bits per heavy atom. The van der Waals surface area contributed by atoms with E-state index < -0.39 is 23.7 Å². The predicted molar refractivity (Wildman–Crippen MR) is 99.3 cm³/mol. The first-order chi connectivity index (χ1) is 11.7. The molecule has 1 amide bonds. The zero-order valence-electron chi connectivity index (χ0n) is 14.2. The van der Waals surface area contributed by atoms with E-state index in [1.54, 1.807) is 26.8 Å². The number of hydrogen-bond acceptors (Lipinski definition) is 4. The van der Waals surface area contributed by atoms with Gasteiger partial charge in [-0.05, 0) is 39.0 Å². The predicted octanol–water partition coefficient (Wildman–Crippen LogP) is 4.59. The van der Waals surface area contributed by atoms with Crippen molar-refractivity contribution < 1.29 is 19.4 Å². The second kappa shape index (κ2) is 7.89. The lowest BCUT2D eigenvalue weighted by molar-refractivity contribution is -0.139. The third-order valence-electron chi connectivity index (χ3n) is 3.20. The smallest absolute Gasteiger partial charge is 0.408 e. The molecule has 0 radical (unpaired) electrons. The number of carboxylic acid groups (broad SMARTS) is 1. The van der Waals surface area contributed by atoms with Gasteiger partial charge >= 0.3 is 12.1 Å². The fourth-order valence-corrected chi connectivity index (χ4v) is 3.53. The van der Waals surface area contributed by atoms with Crippen LogP contribution in [0.5, 0.6) is 0 Å². The average Bonchev–Trinajstić information content (AvgIpc) is 2.93. The van der Waals surface area contributed by atoms with Gasteiger partial charge in [0, 0.05) is 26.8 Å². The van der Waals surface area contributed by atoms with E-state index in [1.807, 2.05) is 30.3 Å². The number of ether oxygens (including phenoxy) is 1. The number of amides is 1. The number of rotatable bonds is 5. The first-order valence-corrected chi connectivity index (χ1v) is 8.91. The molecule has 0 bridgehead atoms. The highest BCUT2D eigenvalue weighted by atomic mass is 35.5. The maximum absolute atomic E-state index is 11.8. The lowest BCUT2D eigenvalue weighted by Gasteiger charge is -2.21. The molecule has 0 spiro atoms. The first kappa shape index (κ1) is 19.3. The van der Waals surface area contributed by atoms with Crippen molar-refractivity contribution in [3.63, 3.8) is 0 Å². The van der Waals surface area contributed by atoms with E-state index in [2.05, 4.69) is 5.32 Å². The van der Waals surface area contributed by atoms with Crippen molar-refractivity contribution in [1.29, 1.82) is 0 Å². The van der Waals surface area contributed by atoms with Crippen molar-refractivity contribution in [2.75, 3.05) is 0 Å². The van der Waals surface area contributed by atoms with Crippen molar-refractivity contribution in [3.05, 3.63) is 46.3 Å². The first-order valence-electron chi connectivity index (χ1n) is 7.71. The minimum atomic E-state index is -1.11. The molecule has 2 aromatic rings. The van der Waals surface area contributed by atoms with Crippen LogP contribution in [-0.4, -0.2) is 28.8 Å². The molecular weight excluding hydrogens is 362 g/mol. The fraction of sp³-hybridized carbons (Fsp3) is 0.333. The largest absolute Gasteiger partial charge is 0.480 e. The van der Waals surface area contributed by atoms with Crippen molar-refractivity contribution in [3.8, 4) is 10.4 Å². The van der Waals surface area contributed by atoms with Gasteiger partial charge in [0.05, 0.1) is 0 Å². The molecule has 2 rings (SSSR count). The van der Waals surface area contributed by atoms with E-state index >= 15 is 0 Å². The minimum Gasteiger partial charge on any atom is -0.480 e. The van der Waals surface area contributed by atoms with Crippen LogP contribution >= 0.6 is 22.9 Å². The SMILES string of the molecule is CC(C)(C)OC(=O)NC(Cc1ccc(-c2ccccc2Cl)s1)C(=O)O. The summed E-state index contributed by atoms with van der Waals surface area (Å²) in [6, 6.07) is 10.1. The molecule has 0 aliphatic carbocycles. The molecule has 5 nitrogen and oxygen atoms in total. The van der Waals surface area contributed by atoms with Crippen LogP contribution < -0.4 is 5.32 Å². The summed E-state index contributed by atoms with van der Waals surface area (Å²) in [5.74, 6) is -1.11. The van der Waals surface area contributed by atoms with E-state index in [0.717, 1.165) is 15.3 Å². The van der Waals surface area contributed by atoms with E-state index in [1.165, 1.54) is 11.3 Å². The van der Waals surface area contributed by atoms with Gasteiger partial charge in [-0.1, -0.05) is 29.8 Å². The molecule has 0 saturated carbocycles. The lowest BCUT2D eigenvalue weighted by Crippen LogP contribution is -2.44. The Morgan fingerprint density at radius 2 is 1.92 bits per heavy atom. The Morgan fingerprint density at radius 3 is 2.52 bits per heavy atom. The summed E-state index contributed by atoms with van der Waals surface area (Å²) < 4.78 is 5.12. The number of aliphatic carboxylic acids is 1. The monoisotopic (exact) mass is 381 g/mol. The van der Waals surface area contributed by atoms with E-state index in [9.17, 15) is 14.7 Å². The molecule has 25 heavy (non-hydrogen) atoms. The van der Waals surface area contributed by atoms with Gasteiger partial charge in [-0.15, -0.1) is 11.3 Å². The number of benzene rings is 1. The number of halogens is 1. The lowest BCUT2D eigenvalue weighted by atomic mass is 10.1. The highest BCUT2D eigenvalue weighted by Gasteiger charge is 2.24. The van der Waals surface area contributed by atoms with Gasteiger partial charge < -0.3 is 15.2 Å². The van der Waals surface area contributed by atoms with Gasteiger partial charge in [-0.3, -0.25) is 0 Å². The molecule has 7 heteroatoms. The molecule has 0 saturated heterocycles. The number of carboxylic acids is 1. The second-order valence-corrected chi connectivity index (χ2v) is 8.06. The molecule has 134 valence electrons. The summed E-state index contributed by atoms with van der Waals surface area (Å²) in [7, 11) is 0. The van der Waals surface area contributed by atoms with Crippen molar-refractivity contribution in [2.24, 2.45) is 0 Å². The molecule has 0 aliphatic rings. The number of thiophene rings is 1. The van der Waals surface area contributed by atoms with Gasteiger partial charge in [0.25, 0.3) is 0 Å². The summed E-state index contributed by atoms with van der Waals surface area (Å²) in [5, 5.41) is 12.4. The zero-order chi connectivity index (χ0) is 18.6. The highest BCUT2D eigenvalue weighted by Crippen LogP contribution is 2.33.